The number of hydrogen-bond acceptors (Lipinski definition) is 0. The second-order valence-corrected chi connectivity index (χ2v) is 3.68. The second kappa shape index (κ2) is 6.49. The van der Waals surface area contributed by atoms with Crippen LogP contribution in [-0.4, -0.2) is 0 Å². The van der Waals surface area contributed by atoms with Crippen LogP contribution in [0.15, 0.2) is 48.8 Å². The minimum absolute atomic E-state index is 0. The van der Waals surface area contributed by atoms with Crippen LogP contribution >= 0.6 is 0 Å². The minimum atomic E-state index is -0.205. The van der Waals surface area contributed by atoms with Gasteiger partial charge in [-0.05, 0) is 23.3 Å². The molecule has 2 aromatic rings. The summed E-state index contributed by atoms with van der Waals surface area (Å²) in [5.41, 5.74) is 2.12. The Hall–Kier alpha value is -1.23. The fraction of sp³-hybridized carbons (Fsp3) is 0.0714. The van der Waals surface area contributed by atoms with Gasteiger partial charge in [0, 0.05) is 12.1 Å². The van der Waals surface area contributed by atoms with E-state index >= 15 is 0 Å². The normalized spacial score (nSPS) is 10.2. The van der Waals surface area contributed by atoms with Crippen LogP contribution in [0.25, 0.3) is 12.2 Å². The van der Waals surface area contributed by atoms with Crippen LogP contribution in [0.4, 0.5) is 4.39 Å². The van der Waals surface area contributed by atoms with Crippen LogP contribution in [0, 0.1) is 5.82 Å². The number of aromatic nitrogens is 1. The lowest BCUT2D eigenvalue weighted by Crippen LogP contribution is -3.00. The minimum Gasteiger partial charge on any atom is -1.00 e. The SMILES string of the molecule is C[n+]1ccc(/C=C/c2ccc(F)cc2)cc1.[I-]. The van der Waals surface area contributed by atoms with Gasteiger partial charge in [-0.15, -0.1) is 0 Å². The molecule has 0 atom stereocenters. The molecule has 1 aromatic heterocycles. The zero-order valence-corrected chi connectivity index (χ0v) is 11.6. The van der Waals surface area contributed by atoms with Crippen LogP contribution in [0.2, 0.25) is 0 Å². The summed E-state index contributed by atoms with van der Waals surface area (Å²) < 4.78 is 14.6. The van der Waals surface area contributed by atoms with Crippen molar-refractivity contribution >= 4 is 12.2 Å². The molecule has 3 heteroatoms. The van der Waals surface area contributed by atoms with Crippen molar-refractivity contribution in [2.24, 2.45) is 7.05 Å². The predicted octanol–water partition coefficient (Wildman–Crippen LogP) is -0.175. The van der Waals surface area contributed by atoms with Gasteiger partial charge in [0.1, 0.15) is 12.9 Å². The van der Waals surface area contributed by atoms with E-state index in [0.717, 1.165) is 11.1 Å². The number of nitrogens with zero attached hydrogens (tertiary/aromatic N) is 1. The van der Waals surface area contributed by atoms with E-state index in [2.05, 4.69) is 0 Å². The molecule has 0 saturated carbocycles. The van der Waals surface area contributed by atoms with E-state index in [1.54, 1.807) is 12.1 Å². The topological polar surface area (TPSA) is 3.88 Å². The molecule has 1 aromatic carbocycles. The van der Waals surface area contributed by atoms with E-state index in [9.17, 15) is 4.39 Å². The summed E-state index contributed by atoms with van der Waals surface area (Å²) in [6.45, 7) is 0. The Morgan fingerprint density at radius 1 is 0.882 bits per heavy atom. The van der Waals surface area contributed by atoms with E-state index in [1.807, 2.05) is 48.3 Å². The van der Waals surface area contributed by atoms with Gasteiger partial charge >= 0.3 is 0 Å². The average Bonchev–Trinajstić information content (AvgIpc) is 2.30. The molecule has 0 amide bonds. The summed E-state index contributed by atoms with van der Waals surface area (Å²) in [6.07, 6.45) is 7.96. The number of pyridine rings is 1. The van der Waals surface area contributed by atoms with Crippen molar-refractivity contribution in [2.75, 3.05) is 0 Å². The van der Waals surface area contributed by atoms with Crippen molar-refractivity contribution < 1.29 is 32.9 Å². The van der Waals surface area contributed by atoms with E-state index in [1.165, 1.54) is 12.1 Å². The number of benzene rings is 1. The Morgan fingerprint density at radius 3 is 1.88 bits per heavy atom. The number of hydrogen-bond donors (Lipinski definition) is 0. The lowest BCUT2D eigenvalue weighted by atomic mass is 10.1. The molecule has 0 aliphatic carbocycles. The molecule has 0 saturated heterocycles. The molecule has 0 radical (unpaired) electrons. The molecule has 2 rings (SSSR count). The maximum absolute atomic E-state index is 12.7. The van der Waals surface area contributed by atoms with Crippen LogP contribution in [0.5, 0.6) is 0 Å². The van der Waals surface area contributed by atoms with Gasteiger partial charge in [0.2, 0.25) is 0 Å². The fourth-order valence-electron chi connectivity index (χ4n) is 1.39. The van der Waals surface area contributed by atoms with Crippen molar-refractivity contribution in [2.45, 2.75) is 0 Å². The van der Waals surface area contributed by atoms with Gasteiger partial charge in [0.25, 0.3) is 0 Å². The third-order valence-electron chi connectivity index (χ3n) is 2.34. The summed E-state index contributed by atoms with van der Waals surface area (Å²) in [7, 11) is 1.98. The Kier molecular flexibility index (Phi) is 5.28. The molecule has 0 fully saturated rings. The van der Waals surface area contributed by atoms with Crippen LogP contribution in [0.3, 0.4) is 0 Å². The second-order valence-electron chi connectivity index (χ2n) is 3.68. The molecular weight excluding hydrogens is 328 g/mol. The summed E-state index contributed by atoms with van der Waals surface area (Å²) in [4.78, 5) is 0. The first kappa shape index (κ1) is 13.8. The molecular formula is C14H13FIN. The highest BCUT2D eigenvalue weighted by Gasteiger charge is 1.92. The van der Waals surface area contributed by atoms with Gasteiger partial charge in [-0.1, -0.05) is 24.3 Å². The molecule has 0 bridgehead atoms. The first-order valence-electron chi connectivity index (χ1n) is 5.13. The Bertz CT molecular complexity index is 441. The van der Waals surface area contributed by atoms with E-state index in [-0.39, 0.29) is 29.8 Å². The smallest absolute Gasteiger partial charge is 0.169 e. The first-order valence-corrected chi connectivity index (χ1v) is 5.13. The van der Waals surface area contributed by atoms with Crippen molar-refractivity contribution in [1.29, 1.82) is 0 Å². The zero-order chi connectivity index (χ0) is 11.4. The highest BCUT2D eigenvalue weighted by molar-refractivity contribution is 5.69. The van der Waals surface area contributed by atoms with Crippen LogP contribution < -0.4 is 28.5 Å². The van der Waals surface area contributed by atoms with Crippen molar-refractivity contribution in [1.82, 2.24) is 0 Å². The molecule has 1 heterocycles. The first-order chi connectivity index (χ1) is 7.74. The van der Waals surface area contributed by atoms with Crippen molar-refractivity contribution in [3.8, 4) is 0 Å². The third-order valence-corrected chi connectivity index (χ3v) is 2.34. The van der Waals surface area contributed by atoms with Gasteiger partial charge in [-0.2, -0.15) is 0 Å². The highest BCUT2D eigenvalue weighted by Crippen LogP contribution is 2.07. The molecule has 17 heavy (non-hydrogen) atoms. The lowest BCUT2D eigenvalue weighted by molar-refractivity contribution is -0.671. The van der Waals surface area contributed by atoms with Gasteiger partial charge in [-0.3, -0.25) is 0 Å². The molecule has 0 spiro atoms. The fourth-order valence-corrected chi connectivity index (χ4v) is 1.39. The molecule has 0 aliphatic heterocycles. The molecule has 0 aliphatic rings. The van der Waals surface area contributed by atoms with Crippen LogP contribution in [0.1, 0.15) is 11.1 Å². The van der Waals surface area contributed by atoms with Crippen LogP contribution in [-0.2, 0) is 7.05 Å². The summed E-state index contributed by atoms with van der Waals surface area (Å²) in [5.74, 6) is -0.205. The maximum atomic E-state index is 12.7. The standard InChI is InChI=1S/C14H13FN.HI/c1-16-10-8-13(9-11-16)3-2-12-4-6-14(15)7-5-12;/h2-11H,1H3;1H/q+1;/p-1/b3-2+;. The zero-order valence-electron chi connectivity index (χ0n) is 9.48. The summed E-state index contributed by atoms with van der Waals surface area (Å²) in [6, 6.07) is 10.5. The van der Waals surface area contributed by atoms with Gasteiger partial charge in [0.05, 0.1) is 0 Å². The van der Waals surface area contributed by atoms with E-state index in [0.29, 0.717) is 0 Å². The third kappa shape index (κ3) is 4.26. The molecule has 1 nitrogen and oxygen atoms in total. The molecule has 0 unspecified atom stereocenters. The molecule has 88 valence electrons. The summed E-state index contributed by atoms with van der Waals surface area (Å²) >= 11 is 0. The van der Waals surface area contributed by atoms with E-state index < -0.39 is 0 Å². The maximum Gasteiger partial charge on any atom is 0.169 e. The van der Waals surface area contributed by atoms with Crippen molar-refractivity contribution in [3.05, 3.63) is 65.7 Å². The number of rotatable bonds is 2. The largest absolute Gasteiger partial charge is 1.00 e. The Labute approximate surface area is 118 Å². The van der Waals surface area contributed by atoms with Gasteiger partial charge in [0.15, 0.2) is 12.4 Å². The summed E-state index contributed by atoms with van der Waals surface area (Å²) in [5, 5.41) is 0. The Balaban J connectivity index is 0.00000144. The lowest BCUT2D eigenvalue weighted by Gasteiger charge is -1.93. The number of aryl methyl sites for hydroxylation is 1. The Morgan fingerprint density at radius 2 is 1.35 bits per heavy atom. The monoisotopic (exact) mass is 341 g/mol. The van der Waals surface area contributed by atoms with Gasteiger partial charge in [-0.25, -0.2) is 8.96 Å². The van der Waals surface area contributed by atoms with Crippen molar-refractivity contribution in [3.63, 3.8) is 0 Å². The predicted molar refractivity (Wildman–Crippen MR) is 62.9 cm³/mol. The molecule has 0 N–H and O–H groups in total. The average molecular weight is 341 g/mol. The van der Waals surface area contributed by atoms with E-state index in [4.69, 9.17) is 0 Å². The number of halogens is 2. The van der Waals surface area contributed by atoms with Gasteiger partial charge < -0.3 is 24.0 Å². The quantitative estimate of drug-likeness (QED) is 0.527. The highest BCUT2D eigenvalue weighted by atomic mass is 127.